The smallest absolute Gasteiger partial charge is 0.239 e. The molecule has 0 aromatic rings. The van der Waals surface area contributed by atoms with E-state index in [0.29, 0.717) is 13.0 Å². The van der Waals surface area contributed by atoms with Crippen LogP contribution in [0.4, 0.5) is 0 Å². The van der Waals surface area contributed by atoms with E-state index in [-0.39, 0.29) is 6.61 Å². The molecule has 1 saturated heterocycles. The van der Waals surface area contributed by atoms with Gasteiger partial charge in [0.25, 0.3) is 0 Å². The molecule has 4 heteroatoms. The van der Waals surface area contributed by atoms with E-state index >= 15 is 0 Å². The molecule has 0 bridgehead atoms. The standard InChI is InChI=1S/C5H10N2O2/c6-4(8)5(7)1-2-9-3-5/h1-3,7H2,(H2,6,8). The maximum absolute atomic E-state index is 10.5. The second kappa shape index (κ2) is 1.97. The molecule has 0 saturated carbocycles. The second-order valence-corrected chi connectivity index (χ2v) is 2.32. The lowest BCUT2D eigenvalue weighted by molar-refractivity contribution is -0.123. The molecule has 0 aliphatic carbocycles. The Morgan fingerprint density at radius 1 is 1.67 bits per heavy atom. The molecule has 9 heavy (non-hydrogen) atoms. The van der Waals surface area contributed by atoms with Crippen LogP contribution < -0.4 is 11.5 Å². The van der Waals surface area contributed by atoms with Crippen LogP contribution in [0.5, 0.6) is 0 Å². The Bertz CT molecular complexity index is 129. The number of primary amides is 1. The molecule has 0 aromatic carbocycles. The van der Waals surface area contributed by atoms with Gasteiger partial charge in [-0.05, 0) is 6.42 Å². The van der Waals surface area contributed by atoms with Gasteiger partial charge in [0.05, 0.1) is 6.61 Å². The van der Waals surface area contributed by atoms with Crippen LogP contribution in [0, 0.1) is 0 Å². The average molecular weight is 130 g/mol. The normalized spacial score (nSPS) is 34.8. The monoisotopic (exact) mass is 130 g/mol. The number of nitrogens with two attached hydrogens (primary N) is 2. The zero-order valence-corrected chi connectivity index (χ0v) is 5.09. The van der Waals surface area contributed by atoms with Crippen molar-refractivity contribution in [1.29, 1.82) is 0 Å². The van der Waals surface area contributed by atoms with Crippen LogP contribution in [0.1, 0.15) is 6.42 Å². The van der Waals surface area contributed by atoms with Crippen LogP contribution in [-0.2, 0) is 9.53 Å². The first-order valence-electron chi connectivity index (χ1n) is 2.82. The van der Waals surface area contributed by atoms with Crippen molar-refractivity contribution in [1.82, 2.24) is 0 Å². The molecule has 1 aliphatic rings. The van der Waals surface area contributed by atoms with Gasteiger partial charge >= 0.3 is 0 Å². The highest BCUT2D eigenvalue weighted by molar-refractivity contribution is 5.84. The molecule has 4 N–H and O–H groups in total. The molecule has 52 valence electrons. The molecule has 1 fully saturated rings. The van der Waals surface area contributed by atoms with E-state index in [0.717, 1.165) is 0 Å². The molecule has 0 radical (unpaired) electrons. The first kappa shape index (κ1) is 6.51. The molecular weight excluding hydrogens is 120 g/mol. The van der Waals surface area contributed by atoms with E-state index in [1.54, 1.807) is 0 Å². The van der Waals surface area contributed by atoms with Gasteiger partial charge in [-0.15, -0.1) is 0 Å². The lowest BCUT2D eigenvalue weighted by atomic mass is 10.0. The van der Waals surface area contributed by atoms with Gasteiger partial charge in [0.1, 0.15) is 5.54 Å². The molecule has 0 spiro atoms. The van der Waals surface area contributed by atoms with E-state index in [1.807, 2.05) is 0 Å². The van der Waals surface area contributed by atoms with Crippen LogP contribution in [0.3, 0.4) is 0 Å². The van der Waals surface area contributed by atoms with Crippen molar-refractivity contribution < 1.29 is 9.53 Å². The van der Waals surface area contributed by atoms with Crippen molar-refractivity contribution in [2.24, 2.45) is 11.5 Å². The van der Waals surface area contributed by atoms with Crippen molar-refractivity contribution >= 4 is 5.91 Å². The van der Waals surface area contributed by atoms with Gasteiger partial charge in [0.2, 0.25) is 5.91 Å². The van der Waals surface area contributed by atoms with Crippen LogP contribution >= 0.6 is 0 Å². The molecule has 1 heterocycles. The SMILES string of the molecule is NC(=O)C1(N)CCOC1. The lowest BCUT2D eigenvalue weighted by Crippen LogP contribution is -2.52. The summed E-state index contributed by atoms with van der Waals surface area (Å²) in [5, 5.41) is 0. The van der Waals surface area contributed by atoms with Crippen LogP contribution in [-0.4, -0.2) is 24.7 Å². The molecule has 1 aliphatic heterocycles. The number of ether oxygens (including phenoxy) is 1. The van der Waals surface area contributed by atoms with Crippen molar-refractivity contribution in [3.63, 3.8) is 0 Å². The average Bonchev–Trinajstić information content (AvgIpc) is 2.16. The zero-order chi connectivity index (χ0) is 6.91. The number of hydrogen-bond donors (Lipinski definition) is 2. The minimum absolute atomic E-state index is 0.266. The second-order valence-electron chi connectivity index (χ2n) is 2.32. The maximum Gasteiger partial charge on any atom is 0.239 e. The number of carbonyl (C=O) groups is 1. The molecule has 0 aromatic heterocycles. The first-order chi connectivity index (χ1) is 4.15. The minimum Gasteiger partial charge on any atom is -0.379 e. The number of rotatable bonds is 1. The summed E-state index contributed by atoms with van der Waals surface area (Å²) in [6.07, 6.45) is 0.544. The van der Waals surface area contributed by atoms with Crippen LogP contribution in [0.25, 0.3) is 0 Å². The molecule has 4 nitrogen and oxygen atoms in total. The molecule has 1 amide bonds. The fraction of sp³-hybridized carbons (Fsp3) is 0.800. The van der Waals surface area contributed by atoms with E-state index < -0.39 is 11.4 Å². The highest BCUT2D eigenvalue weighted by Gasteiger charge is 2.36. The first-order valence-corrected chi connectivity index (χ1v) is 2.82. The van der Waals surface area contributed by atoms with Gasteiger partial charge in [-0.3, -0.25) is 4.79 Å². The Balaban J connectivity index is 2.61. The van der Waals surface area contributed by atoms with Gasteiger partial charge in [-0.1, -0.05) is 0 Å². The Hall–Kier alpha value is -0.610. The topological polar surface area (TPSA) is 78.3 Å². The summed E-state index contributed by atoms with van der Waals surface area (Å²) < 4.78 is 4.90. The predicted molar refractivity (Wildman–Crippen MR) is 31.5 cm³/mol. The van der Waals surface area contributed by atoms with E-state index in [9.17, 15) is 4.79 Å². The summed E-state index contributed by atoms with van der Waals surface area (Å²) in [7, 11) is 0. The number of amides is 1. The third-order valence-electron chi connectivity index (χ3n) is 1.54. The Labute approximate surface area is 53.1 Å². The van der Waals surface area contributed by atoms with Crippen LogP contribution in [0.15, 0.2) is 0 Å². The van der Waals surface area contributed by atoms with E-state index in [4.69, 9.17) is 16.2 Å². The van der Waals surface area contributed by atoms with Gasteiger partial charge in [-0.2, -0.15) is 0 Å². The minimum atomic E-state index is -0.889. The molecule has 1 atom stereocenters. The fourth-order valence-electron chi connectivity index (χ4n) is 0.775. The van der Waals surface area contributed by atoms with Crippen molar-refractivity contribution in [3.8, 4) is 0 Å². The Morgan fingerprint density at radius 3 is 2.56 bits per heavy atom. The maximum atomic E-state index is 10.5. The lowest BCUT2D eigenvalue weighted by Gasteiger charge is -2.15. The number of carbonyl (C=O) groups excluding carboxylic acids is 1. The molecule has 1 rings (SSSR count). The van der Waals surface area contributed by atoms with Crippen molar-refractivity contribution in [2.75, 3.05) is 13.2 Å². The van der Waals surface area contributed by atoms with Crippen molar-refractivity contribution in [3.05, 3.63) is 0 Å². The highest BCUT2D eigenvalue weighted by atomic mass is 16.5. The van der Waals surface area contributed by atoms with Gasteiger partial charge < -0.3 is 16.2 Å². The largest absolute Gasteiger partial charge is 0.379 e. The molecular formula is C5H10N2O2. The quantitative estimate of drug-likeness (QED) is 0.457. The summed E-state index contributed by atoms with van der Waals surface area (Å²) >= 11 is 0. The summed E-state index contributed by atoms with van der Waals surface area (Å²) in [5.41, 5.74) is 9.60. The zero-order valence-electron chi connectivity index (χ0n) is 5.09. The van der Waals surface area contributed by atoms with Gasteiger partial charge in [0.15, 0.2) is 0 Å². The summed E-state index contributed by atoms with van der Waals surface area (Å²) in [5.74, 6) is -0.472. The molecule has 1 unspecified atom stereocenters. The van der Waals surface area contributed by atoms with E-state index in [2.05, 4.69) is 0 Å². The summed E-state index contributed by atoms with van der Waals surface area (Å²) in [6.45, 7) is 0.807. The fourth-order valence-corrected chi connectivity index (χ4v) is 0.775. The van der Waals surface area contributed by atoms with Crippen molar-refractivity contribution in [2.45, 2.75) is 12.0 Å². The predicted octanol–water partition coefficient (Wildman–Crippen LogP) is -1.41. The Kier molecular flexibility index (Phi) is 1.42. The van der Waals surface area contributed by atoms with Crippen LogP contribution in [0.2, 0.25) is 0 Å². The third kappa shape index (κ3) is 1.04. The van der Waals surface area contributed by atoms with Gasteiger partial charge in [-0.25, -0.2) is 0 Å². The third-order valence-corrected chi connectivity index (χ3v) is 1.54. The number of hydrogen-bond acceptors (Lipinski definition) is 3. The van der Waals surface area contributed by atoms with E-state index in [1.165, 1.54) is 0 Å². The summed E-state index contributed by atoms with van der Waals surface area (Å²) in [6, 6.07) is 0. The van der Waals surface area contributed by atoms with Gasteiger partial charge in [0, 0.05) is 6.61 Å². The Morgan fingerprint density at radius 2 is 2.33 bits per heavy atom. The highest BCUT2D eigenvalue weighted by Crippen LogP contribution is 2.13. The summed E-state index contributed by atoms with van der Waals surface area (Å²) in [4.78, 5) is 10.5.